The highest BCUT2D eigenvalue weighted by Gasteiger charge is 2.31. The molecule has 128 valence electrons. The number of nitrogens with one attached hydrogen (secondary N) is 2. The van der Waals surface area contributed by atoms with Crippen molar-refractivity contribution in [2.45, 2.75) is 32.7 Å². The predicted octanol–water partition coefficient (Wildman–Crippen LogP) is 2.62. The van der Waals surface area contributed by atoms with Gasteiger partial charge in [0.15, 0.2) is 0 Å². The molecule has 8 heteroatoms. The molecule has 0 heterocycles. The molecule has 1 aromatic carbocycles. The first-order valence-corrected chi connectivity index (χ1v) is 7.00. The Hall–Kier alpha value is -2.25. The Morgan fingerprint density at radius 3 is 2.30 bits per heavy atom. The lowest BCUT2D eigenvalue weighted by molar-refractivity contribution is -0.140. The fourth-order valence-corrected chi connectivity index (χ4v) is 1.72. The first-order valence-electron chi connectivity index (χ1n) is 7.00. The standard InChI is InChI=1S/C15H19F3N2O3/c1-10(2)12(13(21)19-9-15(16,17)18)20-14(22)23-8-11-6-4-3-5-7-11/h3-7,10,12H,8-9H2,1-2H3,(H,19,21)(H,20,22). The minimum absolute atomic E-state index is 0.00165. The molecule has 0 aliphatic heterocycles. The Bertz CT molecular complexity index is 518. The van der Waals surface area contributed by atoms with Crippen LogP contribution in [-0.4, -0.2) is 30.8 Å². The van der Waals surface area contributed by atoms with Gasteiger partial charge in [-0.15, -0.1) is 0 Å². The summed E-state index contributed by atoms with van der Waals surface area (Å²) in [6.45, 7) is 1.77. The first kappa shape index (κ1) is 18.8. The van der Waals surface area contributed by atoms with Crippen LogP contribution >= 0.6 is 0 Å². The number of alkyl halides is 3. The van der Waals surface area contributed by atoms with Gasteiger partial charge in [-0.1, -0.05) is 44.2 Å². The van der Waals surface area contributed by atoms with E-state index in [1.54, 1.807) is 43.4 Å². The molecule has 0 fully saturated rings. The van der Waals surface area contributed by atoms with Crippen LogP contribution in [0.25, 0.3) is 0 Å². The molecule has 0 saturated heterocycles. The number of carbonyl (C=O) groups excluding carboxylic acids is 2. The van der Waals surface area contributed by atoms with E-state index in [-0.39, 0.29) is 6.61 Å². The summed E-state index contributed by atoms with van der Waals surface area (Å²) in [6.07, 6.45) is -5.37. The van der Waals surface area contributed by atoms with E-state index < -0.39 is 36.7 Å². The highest BCUT2D eigenvalue weighted by Crippen LogP contribution is 2.13. The lowest BCUT2D eigenvalue weighted by Crippen LogP contribution is -2.51. The zero-order chi connectivity index (χ0) is 17.5. The van der Waals surface area contributed by atoms with Gasteiger partial charge in [0.05, 0.1) is 0 Å². The van der Waals surface area contributed by atoms with Crippen LogP contribution in [0, 0.1) is 5.92 Å². The maximum absolute atomic E-state index is 12.1. The summed E-state index contributed by atoms with van der Waals surface area (Å²) in [4.78, 5) is 23.5. The number of ether oxygens (including phenoxy) is 1. The third kappa shape index (κ3) is 7.53. The normalized spacial score (nSPS) is 12.6. The summed E-state index contributed by atoms with van der Waals surface area (Å²) in [6, 6.07) is 7.76. The second kappa shape index (κ2) is 8.40. The molecule has 1 atom stereocenters. The number of benzene rings is 1. The van der Waals surface area contributed by atoms with Crippen molar-refractivity contribution in [2.24, 2.45) is 5.92 Å². The van der Waals surface area contributed by atoms with Crippen molar-refractivity contribution in [3.8, 4) is 0 Å². The van der Waals surface area contributed by atoms with Gasteiger partial charge in [0, 0.05) is 0 Å². The van der Waals surface area contributed by atoms with Crippen LogP contribution in [0.3, 0.4) is 0 Å². The molecule has 2 amide bonds. The van der Waals surface area contributed by atoms with Crippen molar-refractivity contribution >= 4 is 12.0 Å². The van der Waals surface area contributed by atoms with Crippen LogP contribution in [0.4, 0.5) is 18.0 Å². The molecule has 0 bridgehead atoms. The minimum atomic E-state index is -4.51. The Labute approximate surface area is 132 Å². The molecule has 0 aromatic heterocycles. The molecule has 5 nitrogen and oxygen atoms in total. The van der Waals surface area contributed by atoms with E-state index in [1.165, 1.54) is 0 Å². The summed E-state index contributed by atoms with van der Waals surface area (Å²) >= 11 is 0. The summed E-state index contributed by atoms with van der Waals surface area (Å²) in [7, 11) is 0. The molecule has 1 aromatic rings. The summed E-state index contributed by atoms with van der Waals surface area (Å²) < 4.78 is 41.3. The molecule has 0 aliphatic rings. The second-order valence-electron chi connectivity index (χ2n) is 5.26. The minimum Gasteiger partial charge on any atom is -0.445 e. The number of rotatable bonds is 6. The molecule has 0 aliphatic carbocycles. The number of halogens is 3. The number of alkyl carbamates (subject to hydrolysis) is 1. The van der Waals surface area contributed by atoms with E-state index in [4.69, 9.17) is 4.74 Å². The fraction of sp³-hybridized carbons (Fsp3) is 0.467. The third-order valence-corrected chi connectivity index (χ3v) is 2.90. The van der Waals surface area contributed by atoms with Gasteiger partial charge < -0.3 is 15.4 Å². The van der Waals surface area contributed by atoms with E-state index in [2.05, 4.69) is 5.32 Å². The van der Waals surface area contributed by atoms with Gasteiger partial charge in [-0.2, -0.15) is 13.2 Å². The summed E-state index contributed by atoms with van der Waals surface area (Å²) in [5.41, 5.74) is 0.755. The number of carbonyl (C=O) groups is 2. The molecular weight excluding hydrogens is 313 g/mol. The lowest BCUT2D eigenvalue weighted by atomic mass is 10.0. The highest BCUT2D eigenvalue weighted by atomic mass is 19.4. The first-order chi connectivity index (χ1) is 10.7. The van der Waals surface area contributed by atoms with Crippen molar-refractivity contribution in [2.75, 3.05) is 6.54 Å². The molecule has 0 radical (unpaired) electrons. The van der Waals surface area contributed by atoms with Gasteiger partial charge in [-0.25, -0.2) is 4.79 Å². The van der Waals surface area contributed by atoms with Gasteiger partial charge in [-0.05, 0) is 11.5 Å². The van der Waals surface area contributed by atoms with E-state index in [0.29, 0.717) is 0 Å². The quantitative estimate of drug-likeness (QED) is 0.841. The van der Waals surface area contributed by atoms with Gasteiger partial charge in [0.2, 0.25) is 5.91 Å². The van der Waals surface area contributed by atoms with Crippen molar-refractivity contribution in [3.63, 3.8) is 0 Å². The van der Waals surface area contributed by atoms with Crippen LogP contribution in [0.5, 0.6) is 0 Å². The van der Waals surface area contributed by atoms with Crippen LogP contribution < -0.4 is 10.6 Å². The highest BCUT2D eigenvalue weighted by molar-refractivity contribution is 5.85. The molecular formula is C15H19F3N2O3. The van der Waals surface area contributed by atoms with Gasteiger partial charge in [0.25, 0.3) is 0 Å². The van der Waals surface area contributed by atoms with Crippen LogP contribution in [0.1, 0.15) is 19.4 Å². The van der Waals surface area contributed by atoms with Crippen LogP contribution in [0.15, 0.2) is 30.3 Å². The molecule has 1 rings (SSSR count). The van der Waals surface area contributed by atoms with Crippen molar-refractivity contribution < 1.29 is 27.5 Å². The Balaban J connectivity index is 2.51. The number of amides is 2. The smallest absolute Gasteiger partial charge is 0.408 e. The molecule has 2 N–H and O–H groups in total. The predicted molar refractivity (Wildman–Crippen MR) is 77.5 cm³/mol. The zero-order valence-electron chi connectivity index (χ0n) is 12.8. The van der Waals surface area contributed by atoms with Crippen molar-refractivity contribution in [1.29, 1.82) is 0 Å². The molecule has 1 unspecified atom stereocenters. The Morgan fingerprint density at radius 1 is 1.17 bits per heavy atom. The maximum Gasteiger partial charge on any atom is 0.408 e. The Morgan fingerprint density at radius 2 is 1.78 bits per heavy atom. The lowest BCUT2D eigenvalue weighted by Gasteiger charge is -2.21. The van der Waals surface area contributed by atoms with Gasteiger partial charge >= 0.3 is 12.3 Å². The average molecular weight is 332 g/mol. The molecule has 0 spiro atoms. The SMILES string of the molecule is CC(C)C(NC(=O)OCc1ccccc1)C(=O)NCC(F)(F)F. The Kier molecular flexibility index (Phi) is 6.87. The zero-order valence-corrected chi connectivity index (χ0v) is 12.8. The van der Waals surface area contributed by atoms with E-state index >= 15 is 0 Å². The van der Waals surface area contributed by atoms with Crippen molar-refractivity contribution in [3.05, 3.63) is 35.9 Å². The van der Waals surface area contributed by atoms with E-state index in [9.17, 15) is 22.8 Å². The van der Waals surface area contributed by atoms with Gasteiger partial charge in [0.1, 0.15) is 19.2 Å². The van der Waals surface area contributed by atoms with Crippen LogP contribution in [0.2, 0.25) is 0 Å². The van der Waals surface area contributed by atoms with E-state index in [1.807, 2.05) is 6.07 Å². The molecule has 23 heavy (non-hydrogen) atoms. The summed E-state index contributed by atoms with van der Waals surface area (Å²) in [5, 5.41) is 4.03. The van der Waals surface area contributed by atoms with Crippen LogP contribution in [-0.2, 0) is 16.1 Å². The van der Waals surface area contributed by atoms with E-state index in [0.717, 1.165) is 5.56 Å². The number of hydrogen-bond acceptors (Lipinski definition) is 3. The second-order valence-corrected chi connectivity index (χ2v) is 5.26. The molecule has 0 saturated carbocycles. The largest absolute Gasteiger partial charge is 0.445 e. The number of hydrogen-bond donors (Lipinski definition) is 2. The fourth-order valence-electron chi connectivity index (χ4n) is 1.72. The third-order valence-electron chi connectivity index (χ3n) is 2.90. The average Bonchev–Trinajstić information content (AvgIpc) is 2.48. The summed E-state index contributed by atoms with van der Waals surface area (Å²) in [5.74, 6) is -1.30. The van der Waals surface area contributed by atoms with Gasteiger partial charge in [-0.3, -0.25) is 4.79 Å². The maximum atomic E-state index is 12.1. The van der Waals surface area contributed by atoms with Crippen molar-refractivity contribution in [1.82, 2.24) is 10.6 Å². The topological polar surface area (TPSA) is 67.4 Å². The monoisotopic (exact) mass is 332 g/mol.